The van der Waals surface area contributed by atoms with E-state index in [-0.39, 0.29) is 24.4 Å². The highest BCUT2D eigenvalue weighted by Gasteiger charge is 2.57. The fourth-order valence-corrected chi connectivity index (χ4v) is 6.15. The number of fused-ring (bicyclic) bond motifs is 1. The van der Waals surface area contributed by atoms with Crippen molar-refractivity contribution in [1.82, 2.24) is 4.90 Å². The Bertz CT molecular complexity index is 717. The van der Waals surface area contributed by atoms with Gasteiger partial charge in [0, 0.05) is 11.5 Å². The van der Waals surface area contributed by atoms with E-state index in [1.54, 1.807) is 0 Å². The van der Waals surface area contributed by atoms with Gasteiger partial charge in [-0.3, -0.25) is 4.79 Å². The Morgan fingerprint density at radius 3 is 2.45 bits per heavy atom. The average Bonchev–Trinajstić information content (AvgIpc) is 2.96. The first-order valence-electron chi connectivity index (χ1n) is 11.3. The molecule has 0 unspecified atom stereocenters. The molecule has 2 saturated carbocycles. The predicted molar refractivity (Wildman–Crippen MR) is 111 cm³/mol. The third-order valence-corrected chi connectivity index (χ3v) is 7.82. The predicted octanol–water partition coefficient (Wildman–Crippen LogP) is 3.33. The highest BCUT2D eigenvalue weighted by atomic mass is 16.3. The van der Waals surface area contributed by atoms with Crippen molar-refractivity contribution in [3.05, 3.63) is 35.9 Å². The summed E-state index contributed by atoms with van der Waals surface area (Å²) in [4.78, 5) is 15.6. The van der Waals surface area contributed by atoms with Crippen molar-refractivity contribution < 1.29 is 20.1 Å². The van der Waals surface area contributed by atoms with Crippen molar-refractivity contribution in [2.24, 2.45) is 5.41 Å². The first-order chi connectivity index (χ1) is 13.8. The number of likely N-dealkylation sites (tertiary alicyclic amines) is 1. The Hall–Kier alpha value is -1.43. The second-order valence-corrected chi connectivity index (χ2v) is 9.86. The molecule has 0 bridgehead atoms. The molecule has 1 aromatic rings. The Morgan fingerprint density at radius 1 is 1.07 bits per heavy atom. The quantitative estimate of drug-likeness (QED) is 0.726. The van der Waals surface area contributed by atoms with Gasteiger partial charge in [-0.05, 0) is 44.1 Å². The number of carbonyl (C=O) groups excluding carboxylic acids is 1. The highest BCUT2D eigenvalue weighted by molar-refractivity contribution is 5.79. The van der Waals surface area contributed by atoms with E-state index in [0.717, 1.165) is 37.7 Å². The Morgan fingerprint density at radius 2 is 1.76 bits per heavy atom. The molecule has 1 amide bonds. The van der Waals surface area contributed by atoms with E-state index >= 15 is 0 Å². The van der Waals surface area contributed by atoms with Crippen molar-refractivity contribution in [3.8, 4) is 0 Å². The molecule has 3 aliphatic rings. The van der Waals surface area contributed by atoms with Crippen LogP contribution in [0.3, 0.4) is 0 Å². The van der Waals surface area contributed by atoms with E-state index in [1.165, 1.54) is 0 Å². The van der Waals surface area contributed by atoms with Crippen molar-refractivity contribution >= 4 is 5.91 Å². The topological polar surface area (TPSA) is 81.0 Å². The number of carbonyl (C=O) groups is 1. The molecule has 160 valence electrons. The van der Waals surface area contributed by atoms with Crippen molar-refractivity contribution in [2.45, 2.75) is 101 Å². The van der Waals surface area contributed by atoms with Crippen molar-refractivity contribution in [1.29, 1.82) is 0 Å². The smallest absolute Gasteiger partial charge is 0.226 e. The summed E-state index contributed by atoms with van der Waals surface area (Å²) in [5, 5.41) is 32.5. The van der Waals surface area contributed by atoms with Gasteiger partial charge in [-0.1, -0.05) is 56.5 Å². The lowest BCUT2D eigenvalue weighted by molar-refractivity contribution is -0.143. The second-order valence-electron chi connectivity index (χ2n) is 9.86. The first-order valence-corrected chi connectivity index (χ1v) is 11.3. The van der Waals surface area contributed by atoms with Gasteiger partial charge in [0.25, 0.3) is 0 Å². The maximum atomic E-state index is 13.6. The van der Waals surface area contributed by atoms with Crippen LogP contribution in [0.25, 0.3) is 0 Å². The van der Waals surface area contributed by atoms with Gasteiger partial charge in [0.15, 0.2) is 0 Å². The molecule has 4 rings (SSSR count). The molecule has 3 N–H and O–H groups in total. The summed E-state index contributed by atoms with van der Waals surface area (Å²) in [5.41, 5.74) is -0.396. The number of rotatable bonds is 3. The minimum Gasteiger partial charge on any atom is -0.390 e. The lowest BCUT2D eigenvalue weighted by atomic mass is 9.74. The molecular weight excluding hydrogens is 366 g/mol. The van der Waals surface area contributed by atoms with Crippen LogP contribution in [0, 0.1) is 5.41 Å². The summed E-state index contributed by atoms with van der Waals surface area (Å²) in [7, 11) is 0. The van der Waals surface area contributed by atoms with Crippen LogP contribution in [0.4, 0.5) is 0 Å². The van der Waals surface area contributed by atoms with E-state index in [0.29, 0.717) is 25.7 Å². The van der Waals surface area contributed by atoms with E-state index in [2.05, 4.69) is 0 Å². The van der Waals surface area contributed by atoms with Crippen LogP contribution >= 0.6 is 0 Å². The first kappa shape index (κ1) is 20.8. The number of nitrogens with zero attached hydrogens (tertiary/aromatic N) is 1. The lowest BCUT2D eigenvalue weighted by Crippen LogP contribution is -2.50. The molecule has 5 heteroatoms. The van der Waals surface area contributed by atoms with Gasteiger partial charge >= 0.3 is 0 Å². The van der Waals surface area contributed by atoms with Crippen LogP contribution in [0.15, 0.2) is 30.3 Å². The maximum Gasteiger partial charge on any atom is 0.226 e. The van der Waals surface area contributed by atoms with Gasteiger partial charge in [0.2, 0.25) is 5.91 Å². The molecule has 3 fully saturated rings. The summed E-state index contributed by atoms with van der Waals surface area (Å²) in [6, 6.07) is 9.75. The fourth-order valence-electron chi connectivity index (χ4n) is 6.15. The van der Waals surface area contributed by atoms with Gasteiger partial charge in [0.1, 0.15) is 0 Å². The zero-order valence-electron chi connectivity index (χ0n) is 17.5. The normalized spacial score (nSPS) is 37.0. The van der Waals surface area contributed by atoms with E-state index in [1.807, 2.05) is 42.2 Å². The summed E-state index contributed by atoms with van der Waals surface area (Å²) < 4.78 is 0. The van der Waals surface area contributed by atoms with Gasteiger partial charge in [-0.2, -0.15) is 0 Å². The number of benzene rings is 1. The van der Waals surface area contributed by atoms with Crippen molar-refractivity contribution in [2.75, 3.05) is 0 Å². The molecule has 29 heavy (non-hydrogen) atoms. The van der Waals surface area contributed by atoms with Gasteiger partial charge in [-0.15, -0.1) is 0 Å². The zero-order chi connectivity index (χ0) is 20.6. The molecular formula is C24H35NO4. The third-order valence-electron chi connectivity index (χ3n) is 7.82. The molecule has 5 atom stereocenters. The van der Waals surface area contributed by atoms with Crippen molar-refractivity contribution in [3.63, 3.8) is 0 Å². The number of aliphatic hydroxyl groups excluding tert-OH is 2. The number of hydrogen-bond donors (Lipinski definition) is 3. The van der Waals surface area contributed by atoms with Crippen LogP contribution in [0.1, 0.15) is 82.7 Å². The average molecular weight is 402 g/mol. The van der Waals surface area contributed by atoms with Crippen LogP contribution in [0.5, 0.6) is 0 Å². The van der Waals surface area contributed by atoms with Crippen LogP contribution in [-0.2, 0) is 4.79 Å². The minimum atomic E-state index is -0.904. The molecule has 0 spiro atoms. The number of aliphatic hydroxyl groups is 3. The number of amides is 1. The van der Waals surface area contributed by atoms with Crippen LogP contribution in [0.2, 0.25) is 0 Å². The molecule has 1 heterocycles. The van der Waals surface area contributed by atoms with Crippen LogP contribution in [-0.4, -0.2) is 50.0 Å². The standard InChI is InChI=1S/C24H35NO4/c1-23-15-18(17-9-4-2-5-10-17)25(20(23)12-8-11-19(26)22(23)28)21(27)16-24(29)13-6-3-7-14-24/h2,4-5,9-10,18-20,22,26,28-29H,3,6-8,11-16H2,1H3/t18-,19-,20-,22+,23-/m1/s1. The third kappa shape index (κ3) is 3.85. The van der Waals surface area contributed by atoms with E-state index < -0.39 is 23.2 Å². The molecule has 2 aliphatic carbocycles. The summed E-state index contributed by atoms with van der Waals surface area (Å²) >= 11 is 0. The summed E-state index contributed by atoms with van der Waals surface area (Å²) in [6.07, 6.45) is 5.74. The monoisotopic (exact) mass is 401 g/mol. The van der Waals surface area contributed by atoms with E-state index in [4.69, 9.17) is 0 Å². The van der Waals surface area contributed by atoms with Gasteiger partial charge < -0.3 is 20.2 Å². The minimum absolute atomic E-state index is 0.0134. The molecule has 1 aliphatic heterocycles. The zero-order valence-corrected chi connectivity index (χ0v) is 17.5. The van der Waals surface area contributed by atoms with Gasteiger partial charge in [0.05, 0.1) is 30.3 Å². The van der Waals surface area contributed by atoms with E-state index in [9.17, 15) is 20.1 Å². The highest BCUT2D eigenvalue weighted by Crippen LogP contribution is 2.54. The largest absolute Gasteiger partial charge is 0.390 e. The fraction of sp³-hybridized carbons (Fsp3) is 0.708. The molecule has 1 saturated heterocycles. The molecule has 1 aromatic carbocycles. The molecule has 0 aromatic heterocycles. The number of hydrogen-bond acceptors (Lipinski definition) is 4. The summed E-state index contributed by atoms with van der Waals surface area (Å²) in [5.74, 6) is -0.0134. The molecule has 5 nitrogen and oxygen atoms in total. The SMILES string of the molecule is C[C@@]12C[C@H](c3ccccc3)N(C(=O)CC3(O)CCCCC3)[C@@H]1CCC[C@@H](O)[C@@H]2O. The lowest BCUT2D eigenvalue weighted by Gasteiger charge is -2.40. The Balaban J connectivity index is 1.68. The maximum absolute atomic E-state index is 13.6. The second kappa shape index (κ2) is 8.01. The summed E-state index contributed by atoms with van der Waals surface area (Å²) in [6.45, 7) is 2.02. The molecule has 0 radical (unpaired) electrons. The van der Waals surface area contributed by atoms with Crippen LogP contribution < -0.4 is 0 Å². The Kier molecular flexibility index (Phi) is 5.75. The Labute approximate surface area is 173 Å². The van der Waals surface area contributed by atoms with Gasteiger partial charge in [-0.25, -0.2) is 0 Å².